The third-order valence-electron chi connectivity index (χ3n) is 4.66. The number of hydrogen-bond acceptors (Lipinski definition) is 5. The van der Waals surface area contributed by atoms with Crippen molar-refractivity contribution >= 4 is 16.4 Å². The lowest BCUT2D eigenvalue weighted by Crippen LogP contribution is -2.74. The molecule has 0 fully saturated rings. The fourth-order valence-corrected chi connectivity index (χ4v) is 2.90. The lowest BCUT2D eigenvalue weighted by molar-refractivity contribution is -0.463. The predicted octanol–water partition coefficient (Wildman–Crippen LogP) is 6.06. The number of unbranched alkanes of at least 4 members (excludes halogenated alkanes) is 1. The number of alkyl halides is 15. The maximum absolute atomic E-state index is 13.8. The van der Waals surface area contributed by atoms with Crippen LogP contribution in [0, 0.1) is 0 Å². The van der Waals surface area contributed by atoms with Crippen molar-refractivity contribution in [3.8, 4) is 0 Å². The molecule has 0 aliphatic rings. The van der Waals surface area contributed by atoms with Gasteiger partial charge in [0.15, 0.2) is 12.3 Å². The van der Waals surface area contributed by atoms with Crippen LogP contribution < -0.4 is 0 Å². The van der Waals surface area contributed by atoms with Gasteiger partial charge in [0.1, 0.15) is 0 Å². The molecule has 0 saturated heterocycles. The van der Waals surface area contributed by atoms with Gasteiger partial charge >= 0.3 is 58.0 Å². The van der Waals surface area contributed by atoms with Crippen molar-refractivity contribution in [2.45, 2.75) is 93.5 Å². The smallest absolute Gasteiger partial charge is 0.394 e. The summed E-state index contributed by atoms with van der Waals surface area (Å²) >= 11 is 0. The van der Waals surface area contributed by atoms with Crippen molar-refractivity contribution in [1.82, 2.24) is 0 Å². The summed E-state index contributed by atoms with van der Waals surface area (Å²) in [5, 5.41) is 0. The van der Waals surface area contributed by atoms with E-state index >= 15 is 0 Å². The van der Waals surface area contributed by atoms with Gasteiger partial charge in [0, 0.05) is 0 Å². The average Bonchev–Trinajstić information content (AvgIpc) is 2.73. The number of carbonyl (C=O) groups excluding carboxylic acids is 1. The molecule has 0 rings (SSSR count). The Bertz CT molecular complexity index is 938. The van der Waals surface area contributed by atoms with Crippen molar-refractivity contribution in [1.29, 1.82) is 0 Å². The highest BCUT2D eigenvalue weighted by Crippen LogP contribution is 2.63. The largest absolute Gasteiger partial charge is 0.473 e. The fourth-order valence-electron chi connectivity index (χ4n) is 2.43. The number of hydrogen-bond donors (Lipinski definition) is 1. The Kier molecular flexibility index (Phi) is 10.5. The molecule has 2 unspecified atom stereocenters. The van der Waals surface area contributed by atoms with Gasteiger partial charge in [-0.1, -0.05) is 26.7 Å². The summed E-state index contributed by atoms with van der Waals surface area (Å²) in [6.45, 7) is 1.54. The van der Waals surface area contributed by atoms with E-state index in [4.69, 9.17) is 4.55 Å². The summed E-state index contributed by atoms with van der Waals surface area (Å²) in [5.74, 6) is -51.4. The van der Waals surface area contributed by atoms with Crippen LogP contribution in [0.15, 0.2) is 0 Å². The Morgan fingerprint density at radius 1 is 0.763 bits per heavy atom. The molecule has 6 nitrogen and oxygen atoms in total. The highest BCUT2D eigenvalue weighted by molar-refractivity contribution is 7.80. The van der Waals surface area contributed by atoms with Gasteiger partial charge in [0.25, 0.3) is 0 Å². The molecule has 38 heavy (non-hydrogen) atoms. The molecule has 22 heteroatoms. The zero-order valence-electron chi connectivity index (χ0n) is 18.5. The minimum atomic E-state index is -8.54. The van der Waals surface area contributed by atoms with Crippen LogP contribution in [-0.4, -0.2) is 72.9 Å². The van der Waals surface area contributed by atoms with Gasteiger partial charge in [-0.15, -0.1) is 0 Å². The molecule has 0 aliphatic heterocycles. The first kappa shape index (κ1) is 36.3. The molecular formula is C16H17F15O6S. The monoisotopic (exact) mass is 622 g/mol. The van der Waals surface area contributed by atoms with Gasteiger partial charge in [0.2, 0.25) is 0 Å². The van der Waals surface area contributed by atoms with E-state index in [0.717, 1.165) is 0 Å². The standard InChI is InChI=1S/C16H17F15O6S/c1-3-5-6-7(37-38(33,34)35)9(32)36-16(30,31)15(28,29)14(26,27)13(24,25)12(22,23)11(20,21)10(18,19)8(17)4-2/h7-8H,3-6H2,1-2H3,(H,33,34,35). The summed E-state index contributed by atoms with van der Waals surface area (Å²) in [5.41, 5.74) is 0. The van der Waals surface area contributed by atoms with Crippen LogP contribution in [0.1, 0.15) is 39.5 Å². The summed E-state index contributed by atoms with van der Waals surface area (Å²) in [6, 6.07) is 0. The van der Waals surface area contributed by atoms with Gasteiger partial charge in [-0.2, -0.15) is 69.9 Å². The number of halogens is 15. The number of rotatable bonds is 15. The van der Waals surface area contributed by atoms with E-state index in [2.05, 4.69) is 8.92 Å². The van der Waals surface area contributed by atoms with Crippen LogP contribution in [0.2, 0.25) is 0 Å². The number of esters is 1. The second-order valence-electron chi connectivity index (χ2n) is 7.46. The van der Waals surface area contributed by atoms with Crippen LogP contribution >= 0.6 is 0 Å². The van der Waals surface area contributed by atoms with Gasteiger partial charge in [0.05, 0.1) is 0 Å². The van der Waals surface area contributed by atoms with E-state index in [9.17, 15) is 79.1 Å². The van der Waals surface area contributed by atoms with Crippen LogP contribution in [0.25, 0.3) is 0 Å². The Morgan fingerprint density at radius 2 is 1.16 bits per heavy atom. The SMILES string of the molecule is CCCCC(OS(=O)(=O)O)C(=O)OC(F)(F)C(F)(F)C(F)(F)C(F)(F)C(F)(F)C(F)(F)C(F)(F)C(F)CC. The Labute approximate surface area is 203 Å². The van der Waals surface area contributed by atoms with Crippen molar-refractivity contribution in [2.75, 3.05) is 0 Å². The quantitative estimate of drug-likeness (QED) is 0.136. The third-order valence-corrected chi connectivity index (χ3v) is 5.14. The van der Waals surface area contributed by atoms with Crippen molar-refractivity contribution < 1.29 is 92.5 Å². The molecule has 0 heterocycles. The van der Waals surface area contributed by atoms with Gasteiger partial charge in [-0.25, -0.2) is 13.4 Å². The van der Waals surface area contributed by atoms with E-state index in [0.29, 0.717) is 0 Å². The zero-order valence-corrected chi connectivity index (χ0v) is 19.4. The Hall–Kier alpha value is -1.71. The first-order valence-corrected chi connectivity index (χ1v) is 11.1. The van der Waals surface area contributed by atoms with E-state index in [-0.39, 0.29) is 13.3 Å². The second-order valence-corrected chi connectivity index (χ2v) is 8.51. The van der Waals surface area contributed by atoms with Crippen LogP contribution in [0.3, 0.4) is 0 Å². The molecule has 1 N–H and O–H groups in total. The molecular weight excluding hydrogens is 605 g/mol. The molecule has 0 aromatic rings. The Morgan fingerprint density at radius 3 is 1.53 bits per heavy atom. The molecule has 0 saturated carbocycles. The highest BCUT2D eigenvalue weighted by atomic mass is 32.3. The normalized spacial score (nSPS) is 16.8. The predicted molar refractivity (Wildman–Crippen MR) is 91.9 cm³/mol. The summed E-state index contributed by atoms with van der Waals surface area (Å²) < 4.78 is 240. The zero-order chi connectivity index (χ0) is 31.0. The summed E-state index contributed by atoms with van der Waals surface area (Å²) in [7, 11) is -5.79. The molecule has 0 aromatic carbocycles. The van der Waals surface area contributed by atoms with Crippen LogP contribution in [0.5, 0.6) is 0 Å². The van der Waals surface area contributed by atoms with Crippen molar-refractivity contribution in [3.05, 3.63) is 0 Å². The molecule has 0 aromatic heterocycles. The fraction of sp³-hybridized carbons (Fsp3) is 0.938. The van der Waals surface area contributed by atoms with E-state index < -0.39 is 89.6 Å². The maximum atomic E-state index is 13.8. The van der Waals surface area contributed by atoms with E-state index in [1.54, 1.807) is 0 Å². The average molecular weight is 622 g/mol. The lowest BCUT2D eigenvalue weighted by Gasteiger charge is -2.42. The summed E-state index contributed by atoms with van der Waals surface area (Å²) in [6.07, 6.45) is -18.3. The van der Waals surface area contributed by atoms with Gasteiger partial charge in [-0.3, -0.25) is 4.55 Å². The lowest BCUT2D eigenvalue weighted by atomic mass is 9.89. The number of ether oxygens (including phenoxy) is 1. The van der Waals surface area contributed by atoms with Gasteiger partial charge in [-0.05, 0) is 12.8 Å². The molecule has 0 amide bonds. The highest BCUT2D eigenvalue weighted by Gasteiger charge is 2.94. The molecule has 2 atom stereocenters. The molecule has 0 bridgehead atoms. The van der Waals surface area contributed by atoms with Crippen molar-refractivity contribution in [3.63, 3.8) is 0 Å². The third kappa shape index (κ3) is 6.20. The first-order valence-electron chi connectivity index (χ1n) is 9.70. The van der Waals surface area contributed by atoms with E-state index in [1.165, 1.54) is 6.92 Å². The van der Waals surface area contributed by atoms with E-state index in [1.807, 2.05) is 0 Å². The molecule has 228 valence electrons. The summed E-state index contributed by atoms with van der Waals surface area (Å²) in [4.78, 5) is 11.6. The first-order chi connectivity index (χ1) is 16.5. The molecule has 0 spiro atoms. The maximum Gasteiger partial charge on any atom is 0.473 e. The second kappa shape index (κ2) is 11.0. The van der Waals surface area contributed by atoms with Crippen molar-refractivity contribution in [2.24, 2.45) is 0 Å². The van der Waals surface area contributed by atoms with Crippen LogP contribution in [-0.2, 0) is 24.1 Å². The molecule has 0 aliphatic carbocycles. The minimum Gasteiger partial charge on any atom is -0.394 e. The Balaban J connectivity index is 6.58. The topological polar surface area (TPSA) is 89.9 Å². The molecule has 0 radical (unpaired) electrons. The minimum absolute atomic E-state index is 0.0544. The number of carbonyl (C=O) groups is 1. The van der Waals surface area contributed by atoms with Crippen LogP contribution in [0.4, 0.5) is 65.9 Å². The van der Waals surface area contributed by atoms with Gasteiger partial charge < -0.3 is 4.74 Å².